The van der Waals surface area contributed by atoms with E-state index in [9.17, 15) is 9.36 Å². The van der Waals surface area contributed by atoms with Crippen LogP contribution < -0.4 is 5.73 Å². The molecule has 82 valence electrons. The van der Waals surface area contributed by atoms with Gasteiger partial charge in [-0.2, -0.15) is 0 Å². The summed E-state index contributed by atoms with van der Waals surface area (Å²) in [5, 5.41) is 8.86. The lowest BCUT2D eigenvalue weighted by Gasteiger charge is -2.26. The molecular formula is C7H14NO5P. The van der Waals surface area contributed by atoms with Crippen LogP contribution in [0.2, 0.25) is 0 Å². The van der Waals surface area contributed by atoms with Gasteiger partial charge < -0.3 is 20.6 Å². The van der Waals surface area contributed by atoms with Crippen molar-refractivity contribution in [2.75, 3.05) is 6.16 Å². The van der Waals surface area contributed by atoms with Crippen LogP contribution in [-0.2, 0) is 9.36 Å². The van der Waals surface area contributed by atoms with Crippen LogP contribution in [0, 0.1) is 5.92 Å². The van der Waals surface area contributed by atoms with Gasteiger partial charge in [-0.3, -0.25) is 9.36 Å². The SMILES string of the molecule is NC1(C(=O)O)CCCC1CP(=O)(O)O. The Bertz CT molecular complexity index is 288. The van der Waals surface area contributed by atoms with Gasteiger partial charge in [0.25, 0.3) is 0 Å². The maximum Gasteiger partial charge on any atom is 0.325 e. The molecule has 1 aliphatic rings. The zero-order valence-electron chi connectivity index (χ0n) is 7.59. The number of nitrogens with two attached hydrogens (primary N) is 1. The molecule has 6 nitrogen and oxygen atoms in total. The third-order valence-electron chi connectivity index (χ3n) is 2.73. The van der Waals surface area contributed by atoms with Crippen molar-refractivity contribution in [2.24, 2.45) is 11.7 Å². The first-order valence-corrected chi connectivity index (χ1v) is 6.12. The lowest BCUT2D eigenvalue weighted by molar-refractivity contribution is -0.144. The van der Waals surface area contributed by atoms with E-state index in [1.807, 2.05) is 0 Å². The smallest absolute Gasteiger partial charge is 0.325 e. The molecule has 5 N–H and O–H groups in total. The summed E-state index contributed by atoms with van der Waals surface area (Å²) in [5.41, 5.74) is 4.15. The van der Waals surface area contributed by atoms with Gasteiger partial charge in [0.2, 0.25) is 0 Å². The normalized spacial score (nSPS) is 33.2. The molecule has 0 aromatic heterocycles. The van der Waals surface area contributed by atoms with Crippen molar-refractivity contribution in [1.82, 2.24) is 0 Å². The van der Waals surface area contributed by atoms with E-state index < -0.39 is 31.2 Å². The van der Waals surface area contributed by atoms with Crippen LogP contribution in [0.1, 0.15) is 19.3 Å². The van der Waals surface area contributed by atoms with E-state index >= 15 is 0 Å². The first-order valence-electron chi connectivity index (χ1n) is 4.32. The Labute approximate surface area is 81.3 Å². The molecule has 2 atom stereocenters. The Balaban J connectivity index is 2.79. The molecule has 0 bridgehead atoms. The molecule has 0 aromatic carbocycles. The van der Waals surface area contributed by atoms with Crippen LogP contribution in [0.3, 0.4) is 0 Å². The van der Waals surface area contributed by atoms with Crippen LogP contribution >= 0.6 is 7.60 Å². The van der Waals surface area contributed by atoms with E-state index in [-0.39, 0.29) is 6.42 Å². The van der Waals surface area contributed by atoms with Gasteiger partial charge in [-0.15, -0.1) is 0 Å². The summed E-state index contributed by atoms with van der Waals surface area (Å²) < 4.78 is 10.7. The third-order valence-corrected chi connectivity index (χ3v) is 3.64. The minimum atomic E-state index is -4.18. The number of rotatable bonds is 3. The average molecular weight is 223 g/mol. The molecule has 1 aliphatic carbocycles. The Morgan fingerprint density at radius 1 is 1.57 bits per heavy atom. The van der Waals surface area contributed by atoms with Gasteiger partial charge in [0, 0.05) is 0 Å². The summed E-state index contributed by atoms with van der Waals surface area (Å²) in [6.07, 6.45) is 0.921. The second kappa shape index (κ2) is 3.62. The molecule has 7 heteroatoms. The minimum Gasteiger partial charge on any atom is -0.480 e. The fraction of sp³-hybridized carbons (Fsp3) is 0.857. The molecule has 0 saturated heterocycles. The van der Waals surface area contributed by atoms with Gasteiger partial charge in [-0.25, -0.2) is 0 Å². The lowest BCUT2D eigenvalue weighted by atomic mass is 9.90. The van der Waals surface area contributed by atoms with Gasteiger partial charge in [0.15, 0.2) is 0 Å². The predicted molar refractivity (Wildman–Crippen MR) is 48.8 cm³/mol. The van der Waals surface area contributed by atoms with E-state index in [0.29, 0.717) is 12.8 Å². The van der Waals surface area contributed by atoms with Gasteiger partial charge in [-0.05, 0) is 18.8 Å². The first-order chi connectivity index (χ1) is 6.26. The van der Waals surface area contributed by atoms with Crippen molar-refractivity contribution in [2.45, 2.75) is 24.8 Å². The van der Waals surface area contributed by atoms with Crippen LogP contribution in [0.5, 0.6) is 0 Å². The van der Waals surface area contributed by atoms with Crippen molar-refractivity contribution in [3.05, 3.63) is 0 Å². The Morgan fingerprint density at radius 3 is 2.57 bits per heavy atom. The highest BCUT2D eigenvalue weighted by Gasteiger charge is 2.47. The topological polar surface area (TPSA) is 121 Å². The fourth-order valence-electron chi connectivity index (χ4n) is 1.93. The number of hydrogen-bond acceptors (Lipinski definition) is 3. The summed E-state index contributed by atoms with van der Waals surface area (Å²) in [7, 11) is -4.18. The molecule has 1 rings (SSSR count). The van der Waals surface area contributed by atoms with E-state index in [2.05, 4.69) is 0 Å². The third kappa shape index (κ3) is 2.33. The second-order valence-corrected chi connectivity index (χ2v) is 5.48. The molecule has 1 fully saturated rings. The first kappa shape index (κ1) is 11.7. The highest BCUT2D eigenvalue weighted by Crippen LogP contribution is 2.45. The lowest BCUT2D eigenvalue weighted by Crippen LogP contribution is -2.52. The molecule has 0 heterocycles. The molecule has 0 amide bonds. The van der Waals surface area contributed by atoms with Gasteiger partial charge in [0.05, 0.1) is 6.16 Å². The number of aliphatic carboxylic acids is 1. The second-order valence-electron chi connectivity index (χ2n) is 3.78. The Morgan fingerprint density at radius 2 is 2.14 bits per heavy atom. The molecule has 2 unspecified atom stereocenters. The summed E-state index contributed by atoms with van der Waals surface area (Å²) in [6, 6.07) is 0. The van der Waals surface area contributed by atoms with Gasteiger partial charge in [-0.1, -0.05) is 6.42 Å². The van der Waals surface area contributed by atoms with E-state index in [4.69, 9.17) is 20.6 Å². The highest BCUT2D eigenvalue weighted by molar-refractivity contribution is 7.51. The van der Waals surface area contributed by atoms with Crippen molar-refractivity contribution < 1.29 is 24.3 Å². The largest absolute Gasteiger partial charge is 0.480 e. The van der Waals surface area contributed by atoms with Gasteiger partial charge in [0.1, 0.15) is 5.54 Å². The molecular weight excluding hydrogens is 209 g/mol. The molecule has 0 radical (unpaired) electrons. The number of carboxylic acids is 1. The Hall–Kier alpha value is -0.420. The van der Waals surface area contributed by atoms with E-state index in [1.54, 1.807) is 0 Å². The minimum absolute atomic E-state index is 0.285. The van der Waals surface area contributed by atoms with E-state index in [1.165, 1.54) is 0 Å². The molecule has 0 aliphatic heterocycles. The number of carbonyl (C=O) groups is 1. The summed E-state index contributed by atoms with van der Waals surface area (Å²) in [4.78, 5) is 28.4. The quantitative estimate of drug-likeness (QED) is 0.489. The highest BCUT2D eigenvalue weighted by atomic mass is 31.2. The van der Waals surface area contributed by atoms with Crippen LogP contribution in [0.4, 0.5) is 0 Å². The maximum atomic E-state index is 10.8. The standard InChI is InChI=1S/C7H14NO5P/c8-7(6(9)10)3-1-2-5(7)4-14(11,12)13/h5H,1-4,8H2,(H,9,10)(H2,11,12,13). The molecule has 14 heavy (non-hydrogen) atoms. The van der Waals surface area contributed by atoms with Crippen molar-refractivity contribution in [3.8, 4) is 0 Å². The van der Waals surface area contributed by atoms with Crippen LogP contribution in [-0.4, -0.2) is 32.6 Å². The molecule has 1 saturated carbocycles. The molecule has 0 aromatic rings. The summed E-state index contributed by atoms with van der Waals surface area (Å²) in [6.45, 7) is 0. The zero-order valence-corrected chi connectivity index (χ0v) is 8.48. The van der Waals surface area contributed by atoms with Crippen molar-refractivity contribution >= 4 is 13.6 Å². The van der Waals surface area contributed by atoms with Gasteiger partial charge >= 0.3 is 13.6 Å². The number of hydrogen-bond donors (Lipinski definition) is 4. The number of carboxylic acid groups (broad SMARTS) is 1. The van der Waals surface area contributed by atoms with Crippen molar-refractivity contribution in [3.63, 3.8) is 0 Å². The van der Waals surface area contributed by atoms with Crippen molar-refractivity contribution in [1.29, 1.82) is 0 Å². The fourth-order valence-corrected chi connectivity index (χ4v) is 3.01. The predicted octanol–water partition coefficient (Wildman–Crippen LogP) is -0.254. The zero-order chi connectivity index (χ0) is 11.0. The van der Waals surface area contributed by atoms with E-state index in [0.717, 1.165) is 0 Å². The van der Waals surface area contributed by atoms with Crippen LogP contribution in [0.15, 0.2) is 0 Å². The summed E-state index contributed by atoms with van der Waals surface area (Å²) in [5.74, 6) is -1.80. The molecule has 0 spiro atoms. The maximum absolute atomic E-state index is 10.8. The van der Waals surface area contributed by atoms with Crippen LogP contribution in [0.25, 0.3) is 0 Å². The average Bonchev–Trinajstić information content (AvgIpc) is 2.30. The monoisotopic (exact) mass is 223 g/mol. The Kier molecular flexibility index (Phi) is 3.02. The summed E-state index contributed by atoms with van der Waals surface area (Å²) >= 11 is 0.